The van der Waals surface area contributed by atoms with Gasteiger partial charge in [-0.3, -0.25) is 4.90 Å². The first-order valence-corrected chi connectivity index (χ1v) is 14.0. The highest BCUT2D eigenvalue weighted by Crippen LogP contribution is 2.64. The Bertz CT molecular complexity index is 1000. The monoisotopic (exact) mass is 476 g/mol. The molecule has 0 saturated heterocycles. The van der Waals surface area contributed by atoms with Crippen LogP contribution < -0.4 is 4.74 Å². The number of aromatic hydroxyl groups is 1. The molecule has 1 aromatic carbocycles. The molecule has 0 spiro atoms. The van der Waals surface area contributed by atoms with Gasteiger partial charge in [-0.25, -0.2) is 4.98 Å². The van der Waals surface area contributed by atoms with E-state index in [1.165, 1.54) is 42.4 Å². The van der Waals surface area contributed by atoms with Crippen LogP contribution in [-0.4, -0.2) is 34.7 Å². The predicted octanol–water partition coefficient (Wildman–Crippen LogP) is 6.82. The van der Waals surface area contributed by atoms with Crippen molar-refractivity contribution in [2.24, 2.45) is 29.1 Å². The topological polar surface area (TPSA) is 45.6 Å². The second-order valence-corrected chi connectivity index (χ2v) is 11.8. The van der Waals surface area contributed by atoms with Gasteiger partial charge in [0, 0.05) is 18.8 Å². The highest BCUT2D eigenvalue weighted by atomic mass is 16.5. The summed E-state index contributed by atoms with van der Waals surface area (Å²) in [4.78, 5) is 6.99. The summed E-state index contributed by atoms with van der Waals surface area (Å²) in [6.45, 7) is 13.3. The molecule has 2 saturated carbocycles. The number of hydrogen-bond acceptors (Lipinski definition) is 4. The maximum absolute atomic E-state index is 10.0. The van der Waals surface area contributed by atoms with E-state index in [0.29, 0.717) is 23.0 Å². The fourth-order valence-electron chi connectivity index (χ4n) is 8.15. The van der Waals surface area contributed by atoms with Crippen LogP contribution in [-0.2, 0) is 13.0 Å². The van der Waals surface area contributed by atoms with Crippen LogP contribution in [0.1, 0.15) is 82.4 Å². The van der Waals surface area contributed by atoms with Crippen molar-refractivity contribution in [1.29, 1.82) is 0 Å². The molecule has 5 unspecified atom stereocenters. The van der Waals surface area contributed by atoms with Gasteiger partial charge in [0.25, 0.3) is 0 Å². The second kappa shape index (κ2) is 10.1. The number of phenolic OH excluding ortho intramolecular Hbond substituents is 1. The molecule has 2 fully saturated rings. The van der Waals surface area contributed by atoms with E-state index in [4.69, 9.17) is 4.74 Å². The van der Waals surface area contributed by atoms with Gasteiger partial charge in [-0.15, -0.1) is 0 Å². The van der Waals surface area contributed by atoms with Crippen molar-refractivity contribution in [2.45, 2.75) is 78.7 Å². The average molecular weight is 477 g/mol. The number of fused-ring (bicyclic) bond motifs is 5. The molecule has 1 aromatic heterocycles. The first-order valence-electron chi connectivity index (χ1n) is 14.0. The number of phenols is 1. The van der Waals surface area contributed by atoms with E-state index in [1.807, 2.05) is 24.4 Å². The van der Waals surface area contributed by atoms with Crippen molar-refractivity contribution in [3.8, 4) is 11.6 Å². The Morgan fingerprint density at radius 2 is 1.94 bits per heavy atom. The van der Waals surface area contributed by atoms with Crippen molar-refractivity contribution >= 4 is 0 Å². The summed E-state index contributed by atoms with van der Waals surface area (Å²) < 4.78 is 6.14. The van der Waals surface area contributed by atoms with E-state index in [9.17, 15) is 5.11 Å². The molecule has 2 aromatic rings. The highest BCUT2D eigenvalue weighted by Gasteiger charge is 2.55. The van der Waals surface area contributed by atoms with Gasteiger partial charge < -0.3 is 9.84 Å². The predicted molar refractivity (Wildman–Crippen MR) is 142 cm³/mol. The minimum absolute atomic E-state index is 0.420. The fourth-order valence-corrected chi connectivity index (χ4v) is 8.15. The molecule has 3 aliphatic carbocycles. The second-order valence-electron chi connectivity index (χ2n) is 11.8. The lowest BCUT2D eigenvalue weighted by atomic mass is 9.51. The van der Waals surface area contributed by atoms with Gasteiger partial charge >= 0.3 is 0 Å². The molecule has 4 heteroatoms. The first kappa shape index (κ1) is 24.6. The number of ether oxygens (including phenoxy) is 1. The number of aromatic nitrogens is 1. The smallest absolute Gasteiger partial charge is 0.213 e. The lowest BCUT2D eigenvalue weighted by Gasteiger charge is -2.53. The van der Waals surface area contributed by atoms with Gasteiger partial charge in [-0.2, -0.15) is 0 Å². The normalized spacial score (nSPS) is 31.6. The quantitative estimate of drug-likeness (QED) is 0.454. The minimum atomic E-state index is 0.420. The maximum atomic E-state index is 10.0. The summed E-state index contributed by atoms with van der Waals surface area (Å²) in [6.07, 6.45) is 9.51. The summed E-state index contributed by atoms with van der Waals surface area (Å²) in [5, 5.41) is 10.0. The van der Waals surface area contributed by atoms with Crippen molar-refractivity contribution in [2.75, 3.05) is 19.7 Å². The number of pyridine rings is 1. The molecule has 6 atom stereocenters. The van der Waals surface area contributed by atoms with Crippen LogP contribution in [0.15, 0.2) is 36.5 Å². The molecule has 190 valence electrons. The molecular weight excluding hydrogens is 432 g/mol. The van der Waals surface area contributed by atoms with Crippen molar-refractivity contribution in [3.05, 3.63) is 53.2 Å². The third kappa shape index (κ3) is 4.71. The molecular formula is C31H44N2O2. The summed E-state index contributed by atoms with van der Waals surface area (Å²) in [6, 6.07) is 10.4. The van der Waals surface area contributed by atoms with Gasteiger partial charge in [0.1, 0.15) is 5.75 Å². The summed E-state index contributed by atoms with van der Waals surface area (Å²) in [5.41, 5.74) is 4.59. The summed E-state index contributed by atoms with van der Waals surface area (Å²) in [7, 11) is 0. The van der Waals surface area contributed by atoms with Crippen LogP contribution >= 0.6 is 0 Å². The lowest BCUT2D eigenvalue weighted by molar-refractivity contribution is 0.000805. The highest BCUT2D eigenvalue weighted by molar-refractivity contribution is 5.40. The molecule has 5 rings (SSSR count). The molecule has 1 N–H and O–H groups in total. The van der Waals surface area contributed by atoms with E-state index < -0.39 is 0 Å². The third-order valence-corrected chi connectivity index (χ3v) is 10.1. The summed E-state index contributed by atoms with van der Waals surface area (Å²) in [5.74, 6) is 4.86. The summed E-state index contributed by atoms with van der Waals surface area (Å²) >= 11 is 0. The molecule has 35 heavy (non-hydrogen) atoms. The average Bonchev–Trinajstić information content (AvgIpc) is 3.19. The number of nitrogens with zero attached hydrogens (tertiary/aromatic N) is 2. The van der Waals surface area contributed by atoms with Gasteiger partial charge in [-0.05, 0) is 115 Å². The van der Waals surface area contributed by atoms with Crippen LogP contribution in [0.25, 0.3) is 0 Å². The van der Waals surface area contributed by atoms with E-state index in [1.54, 1.807) is 0 Å². The molecule has 4 nitrogen and oxygen atoms in total. The van der Waals surface area contributed by atoms with Crippen LogP contribution in [0, 0.1) is 29.1 Å². The fraction of sp³-hybridized carbons (Fsp3) is 0.645. The number of benzene rings is 1. The van der Waals surface area contributed by atoms with E-state index >= 15 is 0 Å². The largest absolute Gasteiger partial charge is 0.508 e. The Morgan fingerprint density at radius 1 is 1.11 bits per heavy atom. The number of rotatable bonds is 8. The van der Waals surface area contributed by atoms with E-state index in [2.05, 4.69) is 49.7 Å². The van der Waals surface area contributed by atoms with Gasteiger partial charge in [-0.1, -0.05) is 39.8 Å². The lowest BCUT2D eigenvalue weighted by Crippen LogP contribution is -2.45. The Labute approximate surface area is 212 Å². The SMILES string of the molecule is CCN(CC)Cc1ccc(OCC[C@H]2CCC3C4C(C)Cc5cc(O)ccc5C4CCC32C)nc1. The maximum Gasteiger partial charge on any atom is 0.213 e. The van der Waals surface area contributed by atoms with Crippen LogP contribution in [0.5, 0.6) is 11.6 Å². The first-order chi connectivity index (χ1) is 16.9. The van der Waals surface area contributed by atoms with Crippen LogP contribution in [0.4, 0.5) is 0 Å². The minimum Gasteiger partial charge on any atom is -0.508 e. The molecule has 0 radical (unpaired) electrons. The molecule has 1 heterocycles. The Balaban J connectivity index is 1.20. The van der Waals surface area contributed by atoms with Crippen LogP contribution in [0.2, 0.25) is 0 Å². The molecule has 3 aliphatic rings. The molecule has 0 aliphatic heterocycles. The molecule has 0 bridgehead atoms. The van der Waals surface area contributed by atoms with Crippen molar-refractivity contribution in [1.82, 2.24) is 9.88 Å². The zero-order valence-corrected chi connectivity index (χ0v) is 22.2. The van der Waals surface area contributed by atoms with E-state index in [0.717, 1.165) is 62.7 Å². The van der Waals surface area contributed by atoms with Crippen LogP contribution in [0.3, 0.4) is 0 Å². The van der Waals surface area contributed by atoms with Gasteiger partial charge in [0.05, 0.1) is 6.61 Å². The van der Waals surface area contributed by atoms with Gasteiger partial charge in [0.2, 0.25) is 5.88 Å². The molecule has 0 amide bonds. The van der Waals surface area contributed by atoms with Crippen molar-refractivity contribution < 1.29 is 9.84 Å². The van der Waals surface area contributed by atoms with Crippen molar-refractivity contribution in [3.63, 3.8) is 0 Å². The zero-order valence-electron chi connectivity index (χ0n) is 22.2. The Hall–Kier alpha value is -2.07. The Morgan fingerprint density at radius 3 is 2.69 bits per heavy atom. The zero-order chi connectivity index (χ0) is 24.6. The van der Waals surface area contributed by atoms with E-state index in [-0.39, 0.29) is 0 Å². The standard InChI is InChI=1S/C31H44N2O2/c1-5-33(6-2)20-22-7-12-29(32-19-22)35-16-14-24-8-11-28-30-21(3)17-23-18-25(34)9-10-26(23)27(30)13-15-31(24,28)4/h7,9-10,12,18-19,21,24,27-28,30,34H,5-6,8,11,13-17,20H2,1-4H3/t21?,24-,27?,28?,30?,31?/m1/s1. The van der Waals surface area contributed by atoms with Gasteiger partial charge in [0.15, 0.2) is 0 Å². The Kier molecular flexibility index (Phi) is 7.12. The number of hydrogen-bond donors (Lipinski definition) is 1. The third-order valence-electron chi connectivity index (χ3n) is 10.1.